The SMILES string of the molecule is CCN(CC)c1ccc(CNNc2ccccc2)cc1. The van der Waals surface area contributed by atoms with Gasteiger partial charge in [0.05, 0.1) is 0 Å². The number of nitrogens with zero attached hydrogens (tertiary/aromatic N) is 1. The van der Waals surface area contributed by atoms with Gasteiger partial charge in [-0.15, -0.1) is 0 Å². The van der Waals surface area contributed by atoms with Gasteiger partial charge in [0.2, 0.25) is 0 Å². The van der Waals surface area contributed by atoms with Gasteiger partial charge in [0.15, 0.2) is 0 Å². The highest BCUT2D eigenvalue weighted by Gasteiger charge is 2.01. The maximum absolute atomic E-state index is 3.23. The molecule has 0 aliphatic rings. The van der Waals surface area contributed by atoms with E-state index in [1.165, 1.54) is 11.3 Å². The van der Waals surface area contributed by atoms with Crippen LogP contribution in [0.2, 0.25) is 0 Å². The van der Waals surface area contributed by atoms with E-state index in [1.807, 2.05) is 30.3 Å². The van der Waals surface area contributed by atoms with Gasteiger partial charge in [-0.3, -0.25) is 0 Å². The maximum Gasteiger partial charge on any atom is 0.0487 e. The van der Waals surface area contributed by atoms with Crippen LogP contribution in [0.1, 0.15) is 19.4 Å². The summed E-state index contributed by atoms with van der Waals surface area (Å²) in [5, 5.41) is 0. The second-order valence-corrected chi connectivity index (χ2v) is 4.68. The molecule has 0 unspecified atom stereocenters. The van der Waals surface area contributed by atoms with E-state index in [-0.39, 0.29) is 0 Å². The van der Waals surface area contributed by atoms with Crippen LogP contribution in [0, 0.1) is 0 Å². The minimum absolute atomic E-state index is 0.799. The molecule has 0 spiro atoms. The Balaban J connectivity index is 1.85. The van der Waals surface area contributed by atoms with Gasteiger partial charge in [-0.2, -0.15) is 0 Å². The molecule has 3 nitrogen and oxygen atoms in total. The lowest BCUT2D eigenvalue weighted by atomic mass is 10.2. The summed E-state index contributed by atoms with van der Waals surface area (Å²) in [4.78, 5) is 2.35. The van der Waals surface area contributed by atoms with Crippen LogP contribution >= 0.6 is 0 Å². The number of anilines is 2. The Labute approximate surface area is 121 Å². The fourth-order valence-corrected chi connectivity index (χ4v) is 2.18. The minimum atomic E-state index is 0.799. The maximum atomic E-state index is 3.23. The van der Waals surface area contributed by atoms with Gasteiger partial charge in [0, 0.05) is 31.0 Å². The van der Waals surface area contributed by atoms with Crippen molar-refractivity contribution in [1.82, 2.24) is 5.43 Å². The van der Waals surface area contributed by atoms with Crippen molar-refractivity contribution in [3.05, 3.63) is 60.2 Å². The molecule has 0 amide bonds. The van der Waals surface area contributed by atoms with E-state index in [2.05, 4.69) is 53.9 Å². The number of para-hydroxylation sites is 1. The fourth-order valence-electron chi connectivity index (χ4n) is 2.18. The Hall–Kier alpha value is -2.00. The molecule has 0 atom stereocenters. The quantitative estimate of drug-likeness (QED) is 0.751. The molecule has 2 rings (SSSR count). The summed E-state index contributed by atoms with van der Waals surface area (Å²) in [6.07, 6.45) is 0. The molecular weight excluding hydrogens is 246 g/mol. The first-order valence-corrected chi connectivity index (χ1v) is 7.21. The molecule has 0 aliphatic carbocycles. The van der Waals surface area contributed by atoms with Gasteiger partial charge in [0.25, 0.3) is 0 Å². The van der Waals surface area contributed by atoms with Crippen LogP contribution < -0.4 is 15.8 Å². The summed E-state index contributed by atoms with van der Waals surface area (Å²) in [6, 6.07) is 18.8. The van der Waals surface area contributed by atoms with Gasteiger partial charge < -0.3 is 10.3 Å². The lowest BCUT2D eigenvalue weighted by Crippen LogP contribution is -2.22. The molecule has 0 saturated heterocycles. The van der Waals surface area contributed by atoms with Gasteiger partial charge in [-0.25, -0.2) is 5.43 Å². The second-order valence-electron chi connectivity index (χ2n) is 4.68. The summed E-state index contributed by atoms with van der Waals surface area (Å²) in [6.45, 7) is 7.26. The van der Waals surface area contributed by atoms with Crippen LogP contribution in [0.25, 0.3) is 0 Å². The lowest BCUT2D eigenvalue weighted by molar-refractivity contribution is 0.800. The molecule has 0 saturated carbocycles. The number of hydrogen-bond donors (Lipinski definition) is 2. The molecular formula is C17H23N3. The smallest absolute Gasteiger partial charge is 0.0487 e. The van der Waals surface area contributed by atoms with E-state index >= 15 is 0 Å². The van der Waals surface area contributed by atoms with Gasteiger partial charge in [0.1, 0.15) is 0 Å². The Kier molecular flexibility index (Phi) is 5.44. The number of rotatable bonds is 7. The predicted octanol–water partition coefficient (Wildman–Crippen LogP) is 3.65. The first-order chi connectivity index (χ1) is 9.83. The highest BCUT2D eigenvalue weighted by Crippen LogP contribution is 2.14. The topological polar surface area (TPSA) is 27.3 Å². The predicted molar refractivity (Wildman–Crippen MR) is 86.9 cm³/mol. The average molecular weight is 269 g/mol. The summed E-state index contributed by atoms with van der Waals surface area (Å²) in [7, 11) is 0. The fraction of sp³-hybridized carbons (Fsp3) is 0.294. The monoisotopic (exact) mass is 269 g/mol. The molecule has 106 valence electrons. The largest absolute Gasteiger partial charge is 0.372 e. The zero-order chi connectivity index (χ0) is 14.2. The van der Waals surface area contributed by atoms with Crippen LogP contribution in [0.3, 0.4) is 0 Å². The molecule has 3 heteroatoms. The molecule has 2 N–H and O–H groups in total. The van der Waals surface area contributed by atoms with Crippen molar-refractivity contribution in [1.29, 1.82) is 0 Å². The molecule has 0 aromatic heterocycles. The summed E-state index contributed by atoms with van der Waals surface area (Å²) < 4.78 is 0. The van der Waals surface area contributed by atoms with Crippen LogP contribution in [-0.2, 0) is 6.54 Å². The third kappa shape index (κ3) is 4.00. The minimum Gasteiger partial charge on any atom is -0.372 e. The van der Waals surface area contributed by atoms with Crippen LogP contribution in [0.4, 0.5) is 11.4 Å². The Bertz CT molecular complexity index is 489. The third-order valence-electron chi connectivity index (χ3n) is 3.36. The van der Waals surface area contributed by atoms with Gasteiger partial charge >= 0.3 is 0 Å². The highest BCUT2D eigenvalue weighted by molar-refractivity contribution is 5.47. The molecule has 0 radical (unpaired) electrons. The van der Waals surface area contributed by atoms with Crippen molar-refractivity contribution < 1.29 is 0 Å². The molecule has 0 bridgehead atoms. The molecule has 0 aliphatic heterocycles. The number of benzene rings is 2. The van der Waals surface area contributed by atoms with Crippen LogP contribution in [0.15, 0.2) is 54.6 Å². The van der Waals surface area contributed by atoms with E-state index < -0.39 is 0 Å². The molecule has 0 fully saturated rings. The van der Waals surface area contributed by atoms with E-state index in [4.69, 9.17) is 0 Å². The van der Waals surface area contributed by atoms with E-state index in [0.29, 0.717) is 0 Å². The summed E-state index contributed by atoms with van der Waals surface area (Å²) in [5.74, 6) is 0. The van der Waals surface area contributed by atoms with Gasteiger partial charge in [-0.1, -0.05) is 30.3 Å². The summed E-state index contributed by atoms with van der Waals surface area (Å²) in [5.41, 5.74) is 10.1. The number of hydrazine groups is 1. The molecule has 20 heavy (non-hydrogen) atoms. The molecule has 2 aromatic rings. The second kappa shape index (κ2) is 7.56. The number of hydrogen-bond acceptors (Lipinski definition) is 3. The highest BCUT2D eigenvalue weighted by atomic mass is 15.3. The third-order valence-corrected chi connectivity index (χ3v) is 3.36. The molecule has 2 aromatic carbocycles. The first-order valence-electron chi connectivity index (χ1n) is 7.21. The molecule has 0 heterocycles. The average Bonchev–Trinajstić information content (AvgIpc) is 2.51. The van der Waals surface area contributed by atoms with Crippen LogP contribution in [-0.4, -0.2) is 13.1 Å². The van der Waals surface area contributed by atoms with Crippen molar-refractivity contribution >= 4 is 11.4 Å². The van der Waals surface area contributed by atoms with Crippen molar-refractivity contribution in [3.8, 4) is 0 Å². The number of nitrogens with one attached hydrogen (secondary N) is 2. The van der Waals surface area contributed by atoms with E-state index in [0.717, 1.165) is 25.3 Å². The Morgan fingerprint density at radius 3 is 2.10 bits per heavy atom. The van der Waals surface area contributed by atoms with Crippen molar-refractivity contribution in [3.63, 3.8) is 0 Å². The normalized spacial score (nSPS) is 10.3. The first kappa shape index (κ1) is 14.4. The lowest BCUT2D eigenvalue weighted by Gasteiger charge is -2.21. The van der Waals surface area contributed by atoms with Gasteiger partial charge in [-0.05, 0) is 43.7 Å². The Morgan fingerprint density at radius 2 is 1.50 bits per heavy atom. The van der Waals surface area contributed by atoms with Crippen LogP contribution in [0.5, 0.6) is 0 Å². The van der Waals surface area contributed by atoms with Crippen molar-refractivity contribution in [2.45, 2.75) is 20.4 Å². The zero-order valence-electron chi connectivity index (χ0n) is 12.3. The zero-order valence-corrected chi connectivity index (χ0v) is 12.3. The van der Waals surface area contributed by atoms with Crippen molar-refractivity contribution in [2.75, 3.05) is 23.4 Å². The summed E-state index contributed by atoms with van der Waals surface area (Å²) >= 11 is 0. The van der Waals surface area contributed by atoms with E-state index in [1.54, 1.807) is 0 Å². The van der Waals surface area contributed by atoms with E-state index in [9.17, 15) is 0 Å². The Morgan fingerprint density at radius 1 is 0.850 bits per heavy atom. The standard InChI is InChI=1S/C17H23N3/c1-3-20(4-2)17-12-10-15(11-13-17)14-18-19-16-8-6-5-7-9-16/h5-13,18-19H,3-4,14H2,1-2H3. The van der Waals surface area contributed by atoms with Crippen molar-refractivity contribution in [2.24, 2.45) is 0 Å².